The second kappa shape index (κ2) is 4.41. The molecule has 90 valence electrons. The summed E-state index contributed by atoms with van der Waals surface area (Å²) >= 11 is 0. The summed E-state index contributed by atoms with van der Waals surface area (Å²) in [6, 6.07) is 19.0. The van der Waals surface area contributed by atoms with Gasteiger partial charge in [-0.1, -0.05) is 54.6 Å². The van der Waals surface area contributed by atoms with Gasteiger partial charge in [0.15, 0.2) is 0 Å². The van der Waals surface area contributed by atoms with Crippen LogP contribution in [-0.2, 0) is 4.79 Å². The molecule has 2 aromatic rings. The molecule has 0 bridgehead atoms. The van der Waals surface area contributed by atoms with Crippen molar-refractivity contribution in [3.8, 4) is 11.1 Å². The summed E-state index contributed by atoms with van der Waals surface area (Å²) in [6.45, 7) is 1.70. The molecular weight excluding hydrogens is 220 g/mol. The number of ketones is 1. The molecule has 0 N–H and O–H groups in total. The highest BCUT2D eigenvalue weighted by atomic mass is 16.1. The molecule has 1 aliphatic rings. The summed E-state index contributed by atoms with van der Waals surface area (Å²) in [5.41, 5.74) is 3.78. The number of benzene rings is 2. The molecule has 1 nitrogen and oxygen atoms in total. The van der Waals surface area contributed by atoms with Crippen LogP contribution in [0.2, 0.25) is 0 Å². The number of carbonyl (C=O) groups excluding carboxylic acids is 1. The summed E-state index contributed by atoms with van der Waals surface area (Å²) in [5, 5.41) is 0. The Hall–Kier alpha value is -1.89. The molecule has 1 fully saturated rings. The maximum absolute atomic E-state index is 11.3. The highest BCUT2D eigenvalue weighted by Gasteiger charge is 2.41. The summed E-state index contributed by atoms with van der Waals surface area (Å²) in [6.07, 6.45) is 1.03. The van der Waals surface area contributed by atoms with Crippen molar-refractivity contribution >= 4 is 5.78 Å². The van der Waals surface area contributed by atoms with Crippen molar-refractivity contribution in [2.24, 2.45) is 5.92 Å². The molecule has 0 aliphatic heterocycles. The first-order valence-electron chi connectivity index (χ1n) is 6.41. The maximum Gasteiger partial charge on any atom is 0.133 e. The lowest BCUT2D eigenvalue weighted by Gasteiger charge is -2.03. The molecule has 0 aromatic heterocycles. The fourth-order valence-corrected chi connectivity index (χ4v) is 2.57. The van der Waals surface area contributed by atoms with E-state index in [1.165, 1.54) is 16.7 Å². The zero-order valence-corrected chi connectivity index (χ0v) is 10.5. The average molecular weight is 236 g/mol. The van der Waals surface area contributed by atoms with Crippen LogP contribution in [-0.4, -0.2) is 5.78 Å². The van der Waals surface area contributed by atoms with E-state index >= 15 is 0 Å². The predicted octanol–water partition coefficient (Wildman–Crippen LogP) is 4.05. The third kappa shape index (κ3) is 2.08. The fraction of sp³-hybridized carbons (Fsp3) is 0.235. The molecule has 2 unspecified atom stereocenters. The summed E-state index contributed by atoms with van der Waals surface area (Å²) in [4.78, 5) is 11.3. The van der Waals surface area contributed by atoms with Gasteiger partial charge in [-0.25, -0.2) is 0 Å². The molecule has 1 aliphatic carbocycles. The standard InChI is InChI=1S/C17H16O/c1-12(18)16-11-17(16)15-9-7-14(8-10-15)13-5-3-2-4-6-13/h2-10,16-17H,11H2,1H3. The Balaban J connectivity index is 1.81. The van der Waals surface area contributed by atoms with Crippen LogP contribution in [0.3, 0.4) is 0 Å². The van der Waals surface area contributed by atoms with E-state index in [9.17, 15) is 4.79 Å². The summed E-state index contributed by atoms with van der Waals surface area (Å²) in [7, 11) is 0. The number of hydrogen-bond donors (Lipinski definition) is 0. The van der Waals surface area contributed by atoms with Crippen LogP contribution in [0.4, 0.5) is 0 Å². The van der Waals surface area contributed by atoms with E-state index in [4.69, 9.17) is 0 Å². The monoisotopic (exact) mass is 236 g/mol. The predicted molar refractivity (Wildman–Crippen MR) is 73.4 cm³/mol. The van der Waals surface area contributed by atoms with E-state index in [1.54, 1.807) is 6.92 Å². The normalized spacial score (nSPS) is 21.6. The molecule has 2 aromatic carbocycles. The molecular formula is C17H16O. The number of Topliss-reactive ketones (excluding diaryl/α,β-unsaturated/α-hetero) is 1. The second-order valence-corrected chi connectivity index (χ2v) is 5.05. The van der Waals surface area contributed by atoms with Gasteiger partial charge in [0.1, 0.15) is 5.78 Å². The van der Waals surface area contributed by atoms with Crippen molar-refractivity contribution in [3.63, 3.8) is 0 Å². The van der Waals surface area contributed by atoms with E-state index in [0.717, 1.165) is 6.42 Å². The average Bonchev–Trinajstić information content (AvgIpc) is 3.20. The first-order valence-corrected chi connectivity index (χ1v) is 6.41. The van der Waals surface area contributed by atoms with E-state index in [-0.39, 0.29) is 5.92 Å². The van der Waals surface area contributed by atoms with Crippen LogP contribution >= 0.6 is 0 Å². The smallest absolute Gasteiger partial charge is 0.133 e. The van der Waals surface area contributed by atoms with Crippen LogP contribution in [0.5, 0.6) is 0 Å². The Morgan fingerprint density at radius 2 is 1.56 bits per heavy atom. The number of carbonyl (C=O) groups is 1. The number of hydrogen-bond acceptors (Lipinski definition) is 1. The first kappa shape index (κ1) is 11.2. The van der Waals surface area contributed by atoms with Gasteiger partial charge in [0, 0.05) is 5.92 Å². The van der Waals surface area contributed by atoms with Gasteiger partial charge in [-0.15, -0.1) is 0 Å². The highest BCUT2D eigenvalue weighted by Crippen LogP contribution is 2.48. The van der Waals surface area contributed by atoms with Crippen LogP contribution in [0.25, 0.3) is 11.1 Å². The Bertz CT molecular complexity index is 554. The molecule has 1 heteroatoms. The lowest BCUT2D eigenvalue weighted by Crippen LogP contribution is -1.94. The number of rotatable bonds is 3. The molecule has 0 amide bonds. The van der Waals surface area contributed by atoms with E-state index in [0.29, 0.717) is 11.7 Å². The third-order valence-electron chi connectivity index (χ3n) is 3.76. The molecule has 1 saturated carbocycles. The van der Waals surface area contributed by atoms with Crippen molar-refractivity contribution in [1.29, 1.82) is 0 Å². The minimum absolute atomic E-state index is 0.271. The van der Waals surface area contributed by atoms with Crippen molar-refractivity contribution < 1.29 is 4.79 Å². The fourth-order valence-electron chi connectivity index (χ4n) is 2.57. The molecule has 0 heterocycles. The van der Waals surface area contributed by atoms with Crippen LogP contribution < -0.4 is 0 Å². The molecule has 2 atom stereocenters. The van der Waals surface area contributed by atoms with Crippen molar-refractivity contribution in [2.45, 2.75) is 19.3 Å². The molecule has 3 rings (SSSR count). The van der Waals surface area contributed by atoms with Gasteiger partial charge in [-0.05, 0) is 36.0 Å². The van der Waals surface area contributed by atoms with Gasteiger partial charge in [0.25, 0.3) is 0 Å². The highest BCUT2D eigenvalue weighted by molar-refractivity contribution is 5.82. The van der Waals surface area contributed by atoms with Gasteiger partial charge in [0.2, 0.25) is 0 Å². The first-order chi connectivity index (χ1) is 8.75. The Morgan fingerprint density at radius 3 is 2.11 bits per heavy atom. The van der Waals surface area contributed by atoms with Crippen molar-refractivity contribution in [2.75, 3.05) is 0 Å². The summed E-state index contributed by atoms with van der Waals surface area (Å²) in [5.74, 6) is 1.06. The second-order valence-electron chi connectivity index (χ2n) is 5.05. The topological polar surface area (TPSA) is 17.1 Å². The molecule has 0 spiro atoms. The van der Waals surface area contributed by atoms with Crippen molar-refractivity contribution in [3.05, 3.63) is 60.2 Å². The van der Waals surface area contributed by atoms with Gasteiger partial charge < -0.3 is 0 Å². The van der Waals surface area contributed by atoms with E-state index < -0.39 is 0 Å². The minimum Gasteiger partial charge on any atom is -0.300 e. The zero-order chi connectivity index (χ0) is 12.5. The van der Waals surface area contributed by atoms with E-state index in [2.05, 4.69) is 48.5 Å². The SMILES string of the molecule is CC(=O)C1CC1c1ccc(-c2ccccc2)cc1. The molecule has 0 radical (unpaired) electrons. The van der Waals surface area contributed by atoms with Gasteiger partial charge in [-0.2, -0.15) is 0 Å². The van der Waals surface area contributed by atoms with Gasteiger partial charge >= 0.3 is 0 Å². The Morgan fingerprint density at radius 1 is 0.944 bits per heavy atom. The van der Waals surface area contributed by atoms with Crippen LogP contribution in [0.1, 0.15) is 24.8 Å². The summed E-state index contributed by atoms with van der Waals surface area (Å²) < 4.78 is 0. The van der Waals surface area contributed by atoms with Crippen LogP contribution in [0, 0.1) is 5.92 Å². The van der Waals surface area contributed by atoms with E-state index in [1.807, 2.05) is 6.07 Å². The van der Waals surface area contributed by atoms with Gasteiger partial charge in [-0.3, -0.25) is 4.79 Å². The molecule has 18 heavy (non-hydrogen) atoms. The Kier molecular flexibility index (Phi) is 2.75. The van der Waals surface area contributed by atoms with Gasteiger partial charge in [0.05, 0.1) is 0 Å². The van der Waals surface area contributed by atoms with Crippen LogP contribution in [0.15, 0.2) is 54.6 Å². The largest absolute Gasteiger partial charge is 0.300 e. The molecule has 0 saturated heterocycles. The maximum atomic E-state index is 11.3. The Labute approximate surface area is 107 Å². The quantitative estimate of drug-likeness (QED) is 0.785. The lowest BCUT2D eigenvalue weighted by atomic mass is 10.0. The lowest BCUT2D eigenvalue weighted by molar-refractivity contribution is -0.118. The van der Waals surface area contributed by atoms with Crippen molar-refractivity contribution in [1.82, 2.24) is 0 Å². The zero-order valence-electron chi connectivity index (χ0n) is 10.5. The third-order valence-corrected chi connectivity index (χ3v) is 3.76. The minimum atomic E-state index is 0.271.